The van der Waals surface area contributed by atoms with E-state index in [9.17, 15) is 5.11 Å². The number of halogens is 1. The average Bonchev–Trinajstić information content (AvgIpc) is 2.33. The summed E-state index contributed by atoms with van der Waals surface area (Å²) in [6.45, 7) is 2.05. The third kappa shape index (κ3) is 3.42. The lowest BCUT2D eigenvalue weighted by molar-refractivity contribution is 0.178. The summed E-state index contributed by atoms with van der Waals surface area (Å²) in [7, 11) is 0. The summed E-state index contributed by atoms with van der Waals surface area (Å²) in [5.74, 6) is 0. The van der Waals surface area contributed by atoms with Gasteiger partial charge in [0, 0.05) is 10.9 Å². The Morgan fingerprint density at radius 2 is 1.59 bits per heavy atom. The first kappa shape index (κ1) is 12.3. The van der Waals surface area contributed by atoms with Gasteiger partial charge in [-0.05, 0) is 30.2 Å². The fraction of sp³-hybridized carbons (Fsp3) is 0.200. The van der Waals surface area contributed by atoms with Crippen molar-refractivity contribution in [3.63, 3.8) is 0 Å². The maximum Gasteiger partial charge on any atom is 0.0830 e. The van der Waals surface area contributed by atoms with E-state index in [1.54, 1.807) is 0 Å². The SMILES string of the molecule is Cc1ccc(C(O)Cc2ccc(Br)cc2)cc1. The van der Waals surface area contributed by atoms with E-state index in [0.717, 1.165) is 15.6 Å². The van der Waals surface area contributed by atoms with Crippen LogP contribution in [0.5, 0.6) is 0 Å². The van der Waals surface area contributed by atoms with Crippen molar-refractivity contribution in [1.82, 2.24) is 0 Å². The van der Waals surface area contributed by atoms with Crippen molar-refractivity contribution in [3.8, 4) is 0 Å². The first-order valence-corrected chi connectivity index (χ1v) is 6.43. The molecule has 0 bridgehead atoms. The molecule has 0 saturated carbocycles. The molecule has 0 aliphatic heterocycles. The molecule has 2 heteroatoms. The summed E-state index contributed by atoms with van der Waals surface area (Å²) in [6.07, 6.45) is 0.216. The van der Waals surface area contributed by atoms with Gasteiger partial charge in [-0.2, -0.15) is 0 Å². The Morgan fingerprint density at radius 3 is 2.18 bits per heavy atom. The highest BCUT2D eigenvalue weighted by Crippen LogP contribution is 2.20. The van der Waals surface area contributed by atoms with E-state index in [1.165, 1.54) is 5.56 Å². The third-order valence-electron chi connectivity index (χ3n) is 2.80. The lowest BCUT2D eigenvalue weighted by atomic mass is 10.0. The molecule has 1 N–H and O–H groups in total. The summed E-state index contributed by atoms with van der Waals surface area (Å²) in [6, 6.07) is 16.1. The van der Waals surface area contributed by atoms with Crippen LogP contribution in [0.4, 0.5) is 0 Å². The van der Waals surface area contributed by atoms with E-state index in [0.29, 0.717) is 6.42 Å². The monoisotopic (exact) mass is 290 g/mol. The maximum absolute atomic E-state index is 10.1. The molecule has 1 unspecified atom stereocenters. The average molecular weight is 291 g/mol. The van der Waals surface area contributed by atoms with Crippen LogP contribution in [0.25, 0.3) is 0 Å². The van der Waals surface area contributed by atoms with Gasteiger partial charge < -0.3 is 5.11 Å². The van der Waals surface area contributed by atoms with Crippen molar-refractivity contribution in [1.29, 1.82) is 0 Å². The number of benzene rings is 2. The number of hydrogen-bond donors (Lipinski definition) is 1. The Bertz CT molecular complexity index is 473. The largest absolute Gasteiger partial charge is 0.388 e. The quantitative estimate of drug-likeness (QED) is 0.905. The lowest BCUT2D eigenvalue weighted by Gasteiger charge is -2.11. The van der Waals surface area contributed by atoms with Gasteiger partial charge in [-0.15, -0.1) is 0 Å². The van der Waals surface area contributed by atoms with E-state index < -0.39 is 6.10 Å². The van der Waals surface area contributed by atoms with E-state index in [4.69, 9.17) is 0 Å². The maximum atomic E-state index is 10.1. The Balaban J connectivity index is 2.08. The molecule has 0 aromatic heterocycles. The summed E-state index contributed by atoms with van der Waals surface area (Å²) >= 11 is 3.40. The van der Waals surface area contributed by atoms with Crippen LogP contribution in [-0.2, 0) is 6.42 Å². The van der Waals surface area contributed by atoms with Crippen molar-refractivity contribution >= 4 is 15.9 Å². The van der Waals surface area contributed by atoms with Crippen molar-refractivity contribution in [2.45, 2.75) is 19.4 Å². The van der Waals surface area contributed by atoms with Crippen LogP contribution in [0.15, 0.2) is 53.0 Å². The van der Waals surface area contributed by atoms with Gasteiger partial charge in [-0.1, -0.05) is 57.9 Å². The van der Waals surface area contributed by atoms with Gasteiger partial charge in [0.2, 0.25) is 0 Å². The first-order valence-electron chi connectivity index (χ1n) is 5.64. The minimum absolute atomic E-state index is 0.434. The summed E-state index contributed by atoms with van der Waals surface area (Å²) in [4.78, 5) is 0. The molecule has 0 amide bonds. The topological polar surface area (TPSA) is 20.2 Å². The summed E-state index contributed by atoms with van der Waals surface area (Å²) in [5, 5.41) is 10.1. The molecular formula is C15H15BrO. The zero-order valence-corrected chi connectivity index (χ0v) is 11.3. The molecule has 17 heavy (non-hydrogen) atoms. The van der Waals surface area contributed by atoms with Crippen LogP contribution in [0.2, 0.25) is 0 Å². The van der Waals surface area contributed by atoms with Gasteiger partial charge in [0.05, 0.1) is 6.10 Å². The molecule has 0 saturated heterocycles. The summed E-state index contributed by atoms with van der Waals surface area (Å²) < 4.78 is 1.06. The van der Waals surface area contributed by atoms with Crippen LogP contribution in [0.1, 0.15) is 22.8 Å². The molecule has 0 aliphatic rings. The fourth-order valence-corrected chi connectivity index (χ4v) is 2.01. The van der Waals surface area contributed by atoms with E-state index in [1.807, 2.05) is 55.5 Å². The van der Waals surface area contributed by atoms with Crippen LogP contribution >= 0.6 is 15.9 Å². The van der Waals surface area contributed by atoms with E-state index in [-0.39, 0.29) is 0 Å². The van der Waals surface area contributed by atoms with Crippen molar-refractivity contribution in [2.75, 3.05) is 0 Å². The molecule has 0 fully saturated rings. The minimum Gasteiger partial charge on any atom is -0.388 e. The van der Waals surface area contributed by atoms with Crippen LogP contribution < -0.4 is 0 Å². The van der Waals surface area contributed by atoms with Crippen LogP contribution in [-0.4, -0.2) is 5.11 Å². The molecule has 2 rings (SSSR count). The predicted octanol–water partition coefficient (Wildman–Crippen LogP) is 4.03. The number of hydrogen-bond acceptors (Lipinski definition) is 1. The second-order valence-corrected chi connectivity index (χ2v) is 5.17. The zero-order chi connectivity index (χ0) is 12.3. The smallest absolute Gasteiger partial charge is 0.0830 e. The van der Waals surface area contributed by atoms with Gasteiger partial charge >= 0.3 is 0 Å². The molecule has 2 aromatic rings. The number of rotatable bonds is 3. The van der Waals surface area contributed by atoms with Crippen molar-refractivity contribution in [3.05, 3.63) is 69.7 Å². The van der Waals surface area contributed by atoms with E-state index in [2.05, 4.69) is 15.9 Å². The number of aliphatic hydroxyl groups is 1. The van der Waals surface area contributed by atoms with Crippen LogP contribution in [0.3, 0.4) is 0 Å². The normalized spacial score (nSPS) is 12.4. The zero-order valence-electron chi connectivity index (χ0n) is 9.73. The second-order valence-electron chi connectivity index (χ2n) is 4.26. The molecule has 0 radical (unpaired) electrons. The molecule has 0 heterocycles. The Hall–Kier alpha value is -1.12. The van der Waals surface area contributed by atoms with Crippen molar-refractivity contribution in [2.24, 2.45) is 0 Å². The lowest BCUT2D eigenvalue weighted by Crippen LogP contribution is -2.01. The molecule has 0 spiro atoms. The van der Waals surface area contributed by atoms with Gasteiger partial charge in [-0.25, -0.2) is 0 Å². The Morgan fingerprint density at radius 1 is 1.00 bits per heavy atom. The molecule has 0 aliphatic carbocycles. The number of aliphatic hydroxyl groups excluding tert-OH is 1. The predicted molar refractivity (Wildman–Crippen MR) is 74.0 cm³/mol. The van der Waals surface area contributed by atoms with Gasteiger partial charge in [0.15, 0.2) is 0 Å². The highest BCUT2D eigenvalue weighted by molar-refractivity contribution is 9.10. The summed E-state index contributed by atoms with van der Waals surface area (Å²) in [5.41, 5.74) is 3.32. The Labute approximate surface area is 110 Å². The first-order chi connectivity index (χ1) is 8.15. The highest BCUT2D eigenvalue weighted by Gasteiger charge is 2.07. The highest BCUT2D eigenvalue weighted by atomic mass is 79.9. The van der Waals surface area contributed by atoms with Crippen LogP contribution in [0, 0.1) is 6.92 Å². The third-order valence-corrected chi connectivity index (χ3v) is 3.33. The van der Waals surface area contributed by atoms with Gasteiger partial charge in [0.1, 0.15) is 0 Å². The number of aryl methyl sites for hydroxylation is 1. The van der Waals surface area contributed by atoms with Crippen molar-refractivity contribution < 1.29 is 5.11 Å². The molecular weight excluding hydrogens is 276 g/mol. The van der Waals surface area contributed by atoms with Gasteiger partial charge in [0.25, 0.3) is 0 Å². The molecule has 2 aromatic carbocycles. The molecule has 88 valence electrons. The minimum atomic E-state index is -0.434. The Kier molecular flexibility index (Phi) is 3.97. The standard InChI is InChI=1S/C15H15BrO/c1-11-2-6-13(7-3-11)15(17)10-12-4-8-14(16)9-5-12/h2-9,15,17H,10H2,1H3. The van der Waals surface area contributed by atoms with Gasteiger partial charge in [-0.3, -0.25) is 0 Å². The van der Waals surface area contributed by atoms with E-state index >= 15 is 0 Å². The molecule has 1 nitrogen and oxygen atoms in total. The second kappa shape index (κ2) is 5.48. The fourth-order valence-electron chi connectivity index (χ4n) is 1.75. The molecule has 1 atom stereocenters.